The van der Waals surface area contributed by atoms with Crippen molar-refractivity contribution in [2.75, 3.05) is 13.2 Å². The summed E-state index contributed by atoms with van der Waals surface area (Å²) in [5.74, 6) is -0.0778. The molecule has 2 aromatic rings. The Balaban J connectivity index is 1.40. The third-order valence-electron chi connectivity index (χ3n) is 6.34. The van der Waals surface area contributed by atoms with Crippen LogP contribution in [0.1, 0.15) is 35.1 Å². The van der Waals surface area contributed by atoms with Gasteiger partial charge >= 0.3 is 6.03 Å². The van der Waals surface area contributed by atoms with Crippen LogP contribution in [0.3, 0.4) is 0 Å². The van der Waals surface area contributed by atoms with Crippen LogP contribution >= 0.6 is 0 Å². The van der Waals surface area contributed by atoms with Crippen LogP contribution < -0.4 is 10.2 Å². The van der Waals surface area contributed by atoms with Gasteiger partial charge in [-0.1, -0.05) is 48.5 Å². The first-order chi connectivity index (χ1) is 13.2. The fourth-order valence-electron chi connectivity index (χ4n) is 4.96. The van der Waals surface area contributed by atoms with Gasteiger partial charge in [-0.05, 0) is 36.0 Å². The van der Waals surface area contributed by atoms with Crippen molar-refractivity contribution in [3.05, 3.63) is 70.8 Å². The average molecular weight is 362 g/mol. The van der Waals surface area contributed by atoms with E-state index in [1.54, 1.807) is 0 Å². The molecule has 5 heteroatoms. The van der Waals surface area contributed by atoms with Crippen molar-refractivity contribution in [3.8, 4) is 0 Å². The third-order valence-corrected chi connectivity index (χ3v) is 6.34. The molecule has 2 aromatic carbocycles. The second-order valence-corrected chi connectivity index (χ2v) is 7.93. The highest BCUT2D eigenvalue weighted by molar-refractivity contribution is 6.07. The van der Waals surface area contributed by atoms with E-state index in [1.165, 1.54) is 26.5 Å². The number of imide groups is 1. The third kappa shape index (κ3) is 2.57. The Kier molecular flexibility index (Phi) is 3.79. The summed E-state index contributed by atoms with van der Waals surface area (Å²) in [4.78, 5) is 28.9. The smallest absolute Gasteiger partial charge is 0.319 e. The number of aryl methyl sites for hydroxylation is 1. The average Bonchev–Trinajstić information content (AvgIpc) is 2.93. The zero-order valence-electron chi connectivity index (χ0n) is 15.3. The molecule has 2 aliphatic heterocycles. The Hall–Kier alpha value is -2.66. The van der Waals surface area contributed by atoms with Gasteiger partial charge < -0.3 is 10.2 Å². The maximum atomic E-state index is 13.4. The zero-order chi connectivity index (χ0) is 18.4. The summed E-state index contributed by atoms with van der Waals surface area (Å²) in [6, 6.07) is 16.3. The number of quaternary nitrogens is 1. The Morgan fingerprint density at radius 3 is 2.56 bits per heavy atom. The first-order valence-electron chi connectivity index (χ1n) is 9.80. The van der Waals surface area contributed by atoms with Crippen molar-refractivity contribution < 1.29 is 14.5 Å². The quantitative estimate of drug-likeness (QED) is 0.793. The van der Waals surface area contributed by atoms with E-state index in [0.717, 1.165) is 37.9 Å². The van der Waals surface area contributed by atoms with Crippen molar-refractivity contribution in [2.45, 2.75) is 37.8 Å². The maximum absolute atomic E-state index is 13.4. The van der Waals surface area contributed by atoms with Crippen LogP contribution in [0.25, 0.3) is 0 Å². The number of benzene rings is 2. The molecule has 1 spiro atoms. The normalized spacial score (nSPS) is 26.7. The Labute approximate surface area is 159 Å². The minimum Gasteiger partial charge on any atom is -0.319 e. The largest absolute Gasteiger partial charge is 0.329 e. The first kappa shape index (κ1) is 16.5. The van der Waals surface area contributed by atoms with Crippen LogP contribution in [-0.4, -0.2) is 30.1 Å². The molecule has 1 fully saturated rings. The first-order valence-corrected chi connectivity index (χ1v) is 9.80. The number of carbonyl (C=O) groups is 2. The van der Waals surface area contributed by atoms with Gasteiger partial charge in [0.05, 0.1) is 6.54 Å². The molecule has 5 nitrogen and oxygen atoms in total. The molecular weight excluding hydrogens is 338 g/mol. The SMILES string of the molecule is O=C1N[C@]2(CCCc3ccccc32)C(=O)N1C[NH+]1CCc2ccccc2C1. The van der Waals surface area contributed by atoms with E-state index in [0.29, 0.717) is 13.1 Å². The molecule has 3 amide bonds. The minimum atomic E-state index is -0.862. The van der Waals surface area contributed by atoms with Crippen molar-refractivity contribution in [1.29, 1.82) is 0 Å². The van der Waals surface area contributed by atoms with Gasteiger partial charge in [0.25, 0.3) is 5.91 Å². The number of fused-ring (bicyclic) bond motifs is 3. The molecular formula is C22H24N3O2+. The summed E-state index contributed by atoms with van der Waals surface area (Å²) < 4.78 is 0. The fourth-order valence-corrected chi connectivity index (χ4v) is 4.96. The molecule has 0 saturated carbocycles. The van der Waals surface area contributed by atoms with E-state index in [-0.39, 0.29) is 11.9 Å². The Morgan fingerprint density at radius 2 is 1.70 bits per heavy atom. The molecule has 1 aliphatic carbocycles. The molecule has 0 aromatic heterocycles. The number of carbonyl (C=O) groups excluding carboxylic acids is 2. The lowest BCUT2D eigenvalue weighted by molar-refractivity contribution is -0.923. The van der Waals surface area contributed by atoms with E-state index < -0.39 is 5.54 Å². The number of rotatable bonds is 2. The van der Waals surface area contributed by atoms with E-state index >= 15 is 0 Å². The summed E-state index contributed by atoms with van der Waals surface area (Å²) in [5, 5.41) is 3.06. The molecule has 5 rings (SSSR count). The van der Waals surface area contributed by atoms with Crippen LogP contribution in [-0.2, 0) is 29.7 Å². The van der Waals surface area contributed by atoms with Crippen LogP contribution in [0.2, 0.25) is 0 Å². The summed E-state index contributed by atoms with van der Waals surface area (Å²) in [6.07, 6.45) is 3.56. The molecule has 2 atom stereocenters. The maximum Gasteiger partial charge on any atom is 0.329 e. The fraction of sp³-hybridized carbons (Fsp3) is 0.364. The van der Waals surface area contributed by atoms with Gasteiger partial charge in [-0.3, -0.25) is 4.79 Å². The standard InChI is InChI=1S/C22H23N3O2/c26-20-22(12-5-9-17-7-3-4-10-19(17)22)23-21(27)25(20)15-24-13-11-16-6-1-2-8-18(16)14-24/h1-4,6-8,10H,5,9,11-15H2,(H,23,27)/p+1/t22-/m0/s1. The van der Waals surface area contributed by atoms with Crippen LogP contribution in [0.4, 0.5) is 4.79 Å². The van der Waals surface area contributed by atoms with E-state index in [9.17, 15) is 9.59 Å². The highest BCUT2D eigenvalue weighted by Gasteiger charge is 2.54. The molecule has 27 heavy (non-hydrogen) atoms. The monoisotopic (exact) mass is 362 g/mol. The molecule has 0 bridgehead atoms. The number of amides is 3. The predicted octanol–water partition coefficient (Wildman–Crippen LogP) is 1.37. The van der Waals surface area contributed by atoms with Crippen LogP contribution in [0, 0.1) is 0 Å². The van der Waals surface area contributed by atoms with Crippen molar-refractivity contribution in [3.63, 3.8) is 0 Å². The van der Waals surface area contributed by atoms with Crippen LogP contribution in [0.15, 0.2) is 48.5 Å². The van der Waals surface area contributed by atoms with Crippen molar-refractivity contribution >= 4 is 11.9 Å². The lowest BCUT2D eigenvalue weighted by Crippen LogP contribution is -3.13. The molecule has 2 N–H and O–H groups in total. The molecule has 138 valence electrons. The number of nitrogens with zero attached hydrogens (tertiary/aromatic N) is 1. The van der Waals surface area contributed by atoms with Gasteiger partial charge in [-0.2, -0.15) is 0 Å². The molecule has 1 unspecified atom stereocenters. The zero-order valence-corrected chi connectivity index (χ0v) is 15.3. The Bertz CT molecular complexity index is 925. The van der Waals surface area contributed by atoms with Gasteiger partial charge in [0.1, 0.15) is 12.1 Å². The van der Waals surface area contributed by atoms with Gasteiger partial charge in [-0.25, -0.2) is 9.69 Å². The molecule has 3 aliphatic rings. The number of hydrogen-bond donors (Lipinski definition) is 2. The second kappa shape index (κ2) is 6.20. The Morgan fingerprint density at radius 1 is 0.963 bits per heavy atom. The molecule has 2 heterocycles. The number of nitrogens with one attached hydrogen (secondary N) is 2. The topological polar surface area (TPSA) is 53.9 Å². The summed E-state index contributed by atoms with van der Waals surface area (Å²) in [5.41, 5.74) is 4.01. The number of hydrogen-bond acceptors (Lipinski definition) is 2. The lowest BCUT2D eigenvalue weighted by Gasteiger charge is -2.33. The summed E-state index contributed by atoms with van der Waals surface area (Å²) >= 11 is 0. The minimum absolute atomic E-state index is 0.0778. The van der Waals surface area contributed by atoms with Gasteiger partial charge in [0.2, 0.25) is 0 Å². The van der Waals surface area contributed by atoms with E-state index in [2.05, 4.69) is 35.6 Å². The predicted molar refractivity (Wildman–Crippen MR) is 101 cm³/mol. The van der Waals surface area contributed by atoms with E-state index in [1.807, 2.05) is 18.2 Å². The van der Waals surface area contributed by atoms with Crippen molar-refractivity contribution in [2.24, 2.45) is 0 Å². The van der Waals surface area contributed by atoms with Gasteiger partial charge in [0, 0.05) is 12.0 Å². The summed E-state index contributed by atoms with van der Waals surface area (Å²) in [7, 11) is 0. The molecule has 0 radical (unpaired) electrons. The summed E-state index contributed by atoms with van der Waals surface area (Å²) in [6.45, 7) is 2.23. The van der Waals surface area contributed by atoms with Gasteiger partial charge in [-0.15, -0.1) is 0 Å². The number of urea groups is 1. The second-order valence-electron chi connectivity index (χ2n) is 7.93. The van der Waals surface area contributed by atoms with E-state index in [4.69, 9.17) is 0 Å². The highest BCUT2D eigenvalue weighted by atomic mass is 16.2. The highest BCUT2D eigenvalue weighted by Crippen LogP contribution is 2.39. The lowest BCUT2D eigenvalue weighted by atomic mass is 9.76. The van der Waals surface area contributed by atoms with Crippen LogP contribution in [0.5, 0.6) is 0 Å². The van der Waals surface area contributed by atoms with Crippen molar-refractivity contribution in [1.82, 2.24) is 10.2 Å². The van der Waals surface area contributed by atoms with Gasteiger partial charge in [0.15, 0.2) is 6.67 Å². The molecule has 1 saturated heterocycles.